The second-order valence-corrected chi connectivity index (χ2v) is 6.44. The van der Waals surface area contributed by atoms with Crippen LogP contribution in [0.1, 0.15) is 39.3 Å². The summed E-state index contributed by atoms with van der Waals surface area (Å²) in [6.45, 7) is 4.20. The average Bonchev–Trinajstić information content (AvgIpc) is 2.90. The number of aryl methyl sites for hydroxylation is 1. The number of carboxylic acids is 1. The molecule has 1 aromatic carbocycles. The van der Waals surface area contributed by atoms with Gasteiger partial charge in [-0.3, -0.25) is 9.59 Å². The number of hydrogen-bond donors (Lipinski definition) is 1. The van der Waals surface area contributed by atoms with Crippen LogP contribution in [0.4, 0.5) is 4.39 Å². The van der Waals surface area contributed by atoms with Crippen molar-refractivity contribution in [2.24, 2.45) is 0 Å². The molecular weight excluding hydrogens is 331 g/mol. The predicted molar refractivity (Wildman–Crippen MR) is 89.9 cm³/mol. The largest absolute Gasteiger partial charge is 0.481 e. The van der Waals surface area contributed by atoms with E-state index < -0.39 is 5.97 Å². The van der Waals surface area contributed by atoms with Crippen LogP contribution in [0.25, 0.3) is 0 Å². The second kappa shape index (κ2) is 8.01. The Balaban J connectivity index is 2.13. The fourth-order valence-corrected chi connectivity index (χ4v) is 3.35. The van der Waals surface area contributed by atoms with E-state index in [1.54, 1.807) is 19.1 Å². The van der Waals surface area contributed by atoms with Gasteiger partial charge in [-0.2, -0.15) is 0 Å². The van der Waals surface area contributed by atoms with Crippen molar-refractivity contribution >= 4 is 23.2 Å². The third kappa shape index (κ3) is 4.61. The summed E-state index contributed by atoms with van der Waals surface area (Å²) in [5, 5.41) is 9.55. The molecule has 0 fully saturated rings. The van der Waals surface area contributed by atoms with Crippen molar-refractivity contribution in [3.63, 3.8) is 0 Å². The molecule has 0 unspecified atom stereocenters. The van der Waals surface area contributed by atoms with Crippen LogP contribution in [0.15, 0.2) is 24.3 Å². The van der Waals surface area contributed by atoms with Gasteiger partial charge >= 0.3 is 5.97 Å². The second-order valence-electron chi connectivity index (χ2n) is 5.35. The van der Waals surface area contributed by atoms with Crippen LogP contribution < -0.4 is 0 Å². The molecule has 5 nitrogen and oxygen atoms in total. The van der Waals surface area contributed by atoms with Crippen molar-refractivity contribution in [3.05, 3.63) is 51.2 Å². The monoisotopic (exact) mass is 350 g/mol. The van der Waals surface area contributed by atoms with Gasteiger partial charge in [-0.15, -0.1) is 11.3 Å². The van der Waals surface area contributed by atoms with Crippen molar-refractivity contribution in [2.45, 2.75) is 26.7 Å². The van der Waals surface area contributed by atoms with Gasteiger partial charge in [0.15, 0.2) is 0 Å². The molecule has 0 aliphatic heterocycles. The molecule has 7 heteroatoms. The lowest BCUT2D eigenvalue weighted by Gasteiger charge is -2.19. The molecule has 1 aromatic heterocycles. The number of halogens is 1. The Morgan fingerprint density at radius 1 is 1.29 bits per heavy atom. The van der Waals surface area contributed by atoms with E-state index in [2.05, 4.69) is 4.98 Å². The lowest BCUT2D eigenvalue weighted by molar-refractivity contribution is -0.137. The van der Waals surface area contributed by atoms with E-state index in [1.165, 1.54) is 28.4 Å². The summed E-state index contributed by atoms with van der Waals surface area (Å²) < 4.78 is 13.0. The van der Waals surface area contributed by atoms with Crippen molar-refractivity contribution in [1.29, 1.82) is 0 Å². The number of aliphatic carboxylic acids is 1. The number of aromatic nitrogens is 1. The Morgan fingerprint density at radius 3 is 2.54 bits per heavy atom. The Kier molecular flexibility index (Phi) is 6.03. The smallest absolute Gasteiger partial charge is 0.305 e. The van der Waals surface area contributed by atoms with Crippen LogP contribution in [0.3, 0.4) is 0 Å². The molecule has 0 bridgehead atoms. The normalized spacial score (nSPS) is 10.6. The van der Waals surface area contributed by atoms with Crippen molar-refractivity contribution < 1.29 is 19.1 Å². The lowest BCUT2D eigenvalue weighted by atomic mass is 10.1. The van der Waals surface area contributed by atoms with Crippen LogP contribution in [0.5, 0.6) is 0 Å². The molecule has 0 spiro atoms. The standard InChI is InChI=1S/C17H19FN2O3S/c1-3-20(9-8-15(21)22)17(23)16-11(2)19-14(24-16)10-12-4-6-13(18)7-5-12/h4-7H,3,8-10H2,1-2H3,(H,21,22). The van der Waals surface area contributed by atoms with E-state index in [9.17, 15) is 14.0 Å². The van der Waals surface area contributed by atoms with Crippen LogP contribution in [-0.4, -0.2) is 40.0 Å². The van der Waals surface area contributed by atoms with Gasteiger partial charge in [0.2, 0.25) is 0 Å². The number of carboxylic acid groups (broad SMARTS) is 1. The summed E-state index contributed by atoms with van der Waals surface area (Å²) in [5.74, 6) is -1.42. The van der Waals surface area contributed by atoms with E-state index in [1.807, 2.05) is 6.92 Å². The zero-order valence-electron chi connectivity index (χ0n) is 13.6. The topological polar surface area (TPSA) is 70.5 Å². The third-order valence-corrected chi connectivity index (χ3v) is 4.71. The molecule has 0 radical (unpaired) electrons. The van der Waals surface area contributed by atoms with E-state index in [-0.39, 0.29) is 24.7 Å². The summed E-state index contributed by atoms with van der Waals surface area (Å²) >= 11 is 1.30. The van der Waals surface area contributed by atoms with Crippen LogP contribution in [0, 0.1) is 12.7 Å². The van der Waals surface area contributed by atoms with Gasteiger partial charge in [-0.05, 0) is 31.5 Å². The fourth-order valence-electron chi connectivity index (χ4n) is 2.28. The third-order valence-electron chi connectivity index (χ3n) is 3.57. The number of nitrogens with zero attached hydrogens (tertiary/aromatic N) is 2. The molecule has 1 N–H and O–H groups in total. The minimum atomic E-state index is -0.931. The maximum atomic E-state index is 13.0. The number of amides is 1. The zero-order chi connectivity index (χ0) is 17.7. The van der Waals surface area contributed by atoms with Crippen molar-refractivity contribution in [3.8, 4) is 0 Å². The van der Waals surface area contributed by atoms with Gasteiger partial charge in [0.25, 0.3) is 5.91 Å². The molecule has 0 saturated carbocycles. The van der Waals surface area contributed by atoms with Gasteiger partial charge in [-0.1, -0.05) is 12.1 Å². The number of hydrogen-bond acceptors (Lipinski definition) is 4. The van der Waals surface area contributed by atoms with Gasteiger partial charge in [0.05, 0.1) is 17.1 Å². The highest BCUT2D eigenvalue weighted by atomic mass is 32.1. The van der Waals surface area contributed by atoms with E-state index in [0.29, 0.717) is 23.5 Å². The Bertz CT molecular complexity index is 728. The maximum absolute atomic E-state index is 13.0. The van der Waals surface area contributed by atoms with Crippen molar-refractivity contribution in [2.75, 3.05) is 13.1 Å². The molecular formula is C17H19FN2O3S. The molecule has 1 amide bonds. The van der Waals surface area contributed by atoms with Gasteiger partial charge in [-0.25, -0.2) is 9.37 Å². The number of carbonyl (C=O) groups is 2. The first-order valence-electron chi connectivity index (χ1n) is 7.62. The zero-order valence-corrected chi connectivity index (χ0v) is 14.4. The highest BCUT2D eigenvalue weighted by molar-refractivity contribution is 7.13. The maximum Gasteiger partial charge on any atom is 0.305 e. The molecule has 0 saturated heterocycles. The Morgan fingerprint density at radius 2 is 1.96 bits per heavy atom. The van der Waals surface area contributed by atoms with Gasteiger partial charge in [0, 0.05) is 19.5 Å². The lowest BCUT2D eigenvalue weighted by Crippen LogP contribution is -2.32. The SMILES string of the molecule is CCN(CCC(=O)O)C(=O)c1sc(Cc2ccc(F)cc2)nc1C. The molecule has 128 valence electrons. The average molecular weight is 350 g/mol. The minimum absolute atomic E-state index is 0.0835. The highest BCUT2D eigenvalue weighted by Crippen LogP contribution is 2.22. The Labute approximate surface area is 143 Å². The van der Waals surface area contributed by atoms with E-state index in [4.69, 9.17) is 5.11 Å². The number of carbonyl (C=O) groups excluding carboxylic acids is 1. The molecule has 0 atom stereocenters. The van der Waals surface area contributed by atoms with Crippen LogP contribution in [-0.2, 0) is 11.2 Å². The number of thiazole rings is 1. The molecule has 2 rings (SSSR count). The first-order chi connectivity index (χ1) is 11.4. The summed E-state index contributed by atoms with van der Waals surface area (Å²) in [6, 6.07) is 6.18. The predicted octanol–water partition coefficient (Wildman–Crippen LogP) is 3.12. The first-order valence-corrected chi connectivity index (χ1v) is 8.44. The fraction of sp³-hybridized carbons (Fsp3) is 0.353. The molecule has 0 aliphatic carbocycles. The summed E-state index contributed by atoms with van der Waals surface area (Å²) in [6.07, 6.45) is 0.445. The minimum Gasteiger partial charge on any atom is -0.481 e. The van der Waals surface area contributed by atoms with E-state index in [0.717, 1.165) is 10.6 Å². The van der Waals surface area contributed by atoms with Crippen molar-refractivity contribution in [1.82, 2.24) is 9.88 Å². The Hall–Kier alpha value is -2.28. The summed E-state index contributed by atoms with van der Waals surface area (Å²) in [4.78, 5) is 29.7. The summed E-state index contributed by atoms with van der Waals surface area (Å²) in [7, 11) is 0. The quantitative estimate of drug-likeness (QED) is 0.833. The number of benzene rings is 1. The van der Waals surface area contributed by atoms with Gasteiger partial charge < -0.3 is 10.0 Å². The first kappa shape index (κ1) is 18.1. The summed E-state index contributed by atoms with van der Waals surface area (Å²) in [5.41, 5.74) is 1.55. The van der Waals surface area contributed by atoms with Crippen LogP contribution >= 0.6 is 11.3 Å². The highest BCUT2D eigenvalue weighted by Gasteiger charge is 2.21. The molecule has 2 aromatic rings. The van der Waals surface area contributed by atoms with E-state index >= 15 is 0 Å². The molecule has 24 heavy (non-hydrogen) atoms. The van der Waals surface area contributed by atoms with Crippen LogP contribution in [0.2, 0.25) is 0 Å². The van der Waals surface area contributed by atoms with Gasteiger partial charge in [0.1, 0.15) is 10.7 Å². The molecule has 1 heterocycles. The number of rotatable bonds is 7. The molecule has 0 aliphatic rings.